The number of para-hydroxylation sites is 1. The minimum Gasteiger partial charge on any atom is -0.467 e. The fourth-order valence-electron chi connectivity index (χ4n) is 2.81. The molecule has 2 rings (SSSR count). The van der Waals surface area contributed by atoms with E-state index in [2.05, 4.69) is 5.32 Å². The smallest absolute Gasteiger partial charge is 0.375 e. The number of carbonyl (C=O) groups is 3. The Morgan fingerprint density at radius 1 is 1.14 bits per heavy atom. The summed E-state index contributed by atoms with van der Waals surface area (Å²) < 4.78 is 20.5. The van der Waals surface area contributed by atoms with Gasteiger partial charge in [-0.25, -0.2) is 9.59 Å². The number of amides is 1. The summed E-state index contributed by atoms with van der Waals surface area (Å²) in [6.45, 7) is 3.45. The Morgan fingerprint density at radius 2 is 1.86 bits per heavy atom. The molecule has 1 aromatic heterocycles. The topological polar surface area (TPSA) is 104 Å². The molecule has 28 heavy (non-hydrogen) atoms. The standard InChI is InChI=1S/C20H25NO7/c1-12(2)9-15(19(23)26-4)21-17(22)11-27-20(24)18-14(10-25-3)13-7-5-6-8-16(13)28-18/h5-8,12,15H,9-11H2,1-4H3,(H,21,22). The minimum absolute atomic E-state index is 0.0115. The summed E-state index contributed by atoms with van der Waals surface area (Å²) in [4.78, 5) is 36.3. The summed E-state index contributed by atoms with van der Waals surface area (Å²) in [5.74, 6) is -1.78. The number of hydrogen-bond donors (Lipinski definition) is 1. The molecule has 0 fully saturated rings. The van der Waals surface area contributed by atoms with Crippen LogP contribution < -0.4 is 5.32 Å². The molecule has 0 spiro atoms. The van der Waals surface area contributed by atoms with E-state index in [1.165, 1.54) is 14.2 Å². The molecule has 0 saturated carbocycles. The van der Waals surface area contributed by atoms with Gasteiger partial charge in [-0.2, -0.15) is 0 Å². The van der Waals surface area contributed by atoms with Crippen molar-refractivity contribution in [3.05, 3.63) is 35.6 Å². The first-order chi connectivity index (χ1) is 13.4. The van der Waals surface area contributed by atoms with Gasteiger partial charge in [0.05, 0.1) is 13.7 Å². The van der Waals surface area contributed by atoms with E-state index in [0.29, 0.717) is 17.6 Å². The molecule has 2 aromatic rings. The van der Waals surface area contributed by atoms with E-state index in [-0.39, 0.29) is 18.3 Å². The normalized spacial score (nSPS) is 12.0. The lowest BCUT2D eigenvalue weighted by atomic mass is 10.0. The monoisotopic (exact) mass is 391 g/mol. The summed E-state index contributed by atoms with van der Waals surface area (Å²) in [6.07, 6.45) is 0.411. The number of benzene rings is 1. The number of rotatable bonds is 9. The Bertz CT molecular complexity index is 840. The highest BCUT2D eigenvalue weighted by molar-refractivity contribution is 5.97. The van der Waals surface area contributed by atoms with Crippen LogP contribution in [0.25, 0.3) is 11.0 Å². The van der Waals surface area contributed by atoms with Gasteiger partial charge in [0, 0.05) is 18.1 Å². The maximum Gasteiger partial charge on any atom is 0.375 e. The third-order valence-electron chi connectivity index (χ3n) is 4.03. The third-order valence-corrected chi connectivity index (χ3v) is 4.03. The Morgan fingerprint density at radius 3 is 2.50 bits per heavy atom. The van der Waals surface area contributed by atoms with Gasteiger partial charge in [0.2, 0.25) is 5.76 Å². The minimum atomic E-state index is -0.800. The molecule has 152 valence electrons. The number of fused-ring (bicyclic) bond motifs is 1. The second-order valence-corrected chi connectivity index (χ2v) is 6.69. The molecule has 0 radical (unpaired) electrons. The van der Waals surface area contributed by atoms with Crippen LogP contribution in [0.2, 0.25) is 0 Å². The Hall–Kier alpha value is -2.87. The molecule has 1 N–H and O–H groups in total. The number of furan rings is 1. The first-order valence-corrected chi connectivity index (χ1v) is 8.91. The number of hydrogen-bond acceptors (Lipinski definition) is 7. The van der Waals surface area contributed by atoms with Crippen molar-refractivity contribution in [2.75, 3.05) is 20.8 Å². The van der Waals surface area contributed by atoms with E-state index in [4.69, 9.17) is 18.6 Å². The van der Waals surface area contributed by atoms with Crippen LogP contribution >= 0.6 is 0 Å². The molecule has 0 aliphatic heterocycles. The predicted molar refractivity (Wildman–Crippen MR) is 101 cm³/mol. The van der Waals surface area contributed by atoms with Gasteiger partial charge in [0.25, 0.3) is 5.91 Å². The largest absolute Gasteiger partial charge is 0.467 e. The lowest BCUT2D eigenvalue weighted by molar-refractivity contribution is -0.145. The van der Waals surface area contributed by atoms with Crippen molar-refractivity contribution >= 4 is 28.8 Å². The Labute approximate surface area is 163 Å². The van der Waals surface area contributed by atoms with Gasteiger partial charge in [0.15, 0.2) is 6.61 Å². The molecule has 0 aliphatic carbocycles. The average Bonchev–Trinajstić information content (AvgIpc) is 3.03. The zero-order chi connectivity index (χ0) is 20.7. The summed E-state index contributed by atoms with van der Waals surface area (Å²) in [5.41, 5.74) is 1.07. The van der Waals surface area contributed by atoms with Crippen molar-refractivity contribution in [1.82, 2.24) is 5.32 Å². The van der Waals surface area contributed by atoms with Crippen LogP contribution in [0, 0.1) is 5.92 Å². The van der Waals surface area contributed by atoms with Crippen LogP contribution in [-0.4, -0.2) is 44.7 Å². The van der Waals surface area contributed by atoms with Gasteiger partial charge in [0.1, 0.15) is 11.6 Å². The number of nitrogens with one attached hydrogen (secondary N) is 1. The number of esters is 2. The third kappa shape index (κ3) is 5.32. The van der Waals surface area contributed by atoms with Crippen LogP contribution in [0.5, 0.6) is 0 Å². The Balaban J connectivity index is 2.05. The van der Waals surface area contributed by atoms with Crippen molar-refractivity contribution in [3.63, 3.8) is 0 Å². The van der Waals surface area contributed by atoms with Gasteiger partial charge >= 0.3 is 11.9 Å². The van der Waals surface area contributed by atoms with Crippen molar-refractivity contribution in [2.24, 2.45) is 5.92 Å². The zero-order valence-electron chi connectivity index (χ0n) is 16.4. The van der Waals surface area contributed by atoms with Gasteiger partial charge in [-0.15, -0.1) is 0 Å². The maximum absolute atomic E-state index is 12.4. The van der Waals surface area contributed by atoms with E-state index in [9.17, 15) is 14.4 Å². The first kappa shape index (κ1) is 21.4. The van der Waals surface area contributed by atoms with Gasteiger partial charge in [-0.05, 0) is 18.4 Å². The van der Waals surface area contributed by atoms with Gasteiger partial charge in [-0.1, -0.05) is 32.0 Å². The number of methoxy groups -OCH3 is 2. The van der Waals surface area contributed by atoms with Crippen LogP contribution in [0.4, 0.5) is 0 Å². The summed E-state index contributed by atoms with van der Waals surface area (Å²) in [6, 6.07) is 6.34. The molecule has 8 nitrogen and oxygen atoms in total. The fraction of sp³-hybridized carbons (Fsp3) is 0.450. The molecule has 0 bridgehead atoms. The van der Waals surface area contributed by atoms with Crippen LogP contribution in [0.1, 0.15) is 36.4 Å². The van der Waals surface area contributed by atoms with Crippen LogP contribution in [0.15, 0.2) is 28.7 Å². The Kier molecular flexibility index (Phi) is 7.57. The summed E-state index contributed by atoms with van der Waals surface area (Å²) >= 11 is 0. The van der Waals surface area contributed by atoms with Crippen molar-refractivity contribution < 1.29 is 33.0 Å². The molecule has 0 saturated heterocycles. The quantitative estimate of drug-likeness (QED) is 0.655. The van der Waals surface area contributed by atoms with Crippen molar-refractivity contribution in [2.45, 2.75) is 32.9 Å². The fourth-order valence-corrected chi connectivity index (χ4v) is 2.81. The number of ether oxygens (including phenoxy) is 3. The van der Waals surface area contributed by atoms with Crippen LogP contribution in [0.3, 0.4) is 0 Å². The van der Waals surface area contributed by atoms with Gasteiger partial charge < -0.3 is 23.9 Å². The predicted octanol–water partition coefficient (Wildman–Crippen LogP) is 2.44. The van der Waals surface area contributed by atoms with Gasteiger partial charge in [-0.3, -0.25) is 4.79 Å². The molecule has 1 unspecified atom stereocenters. The highest BCUT2D eigenvalue weighted by Crippen LogP contribution is 2.27. The summed E-state index contributed by atoms with van der Waals surface area (Å²) in [5, 5.41) is 3.27. The highest BCUT2D eigenvalue weighted by Gasteiger charge is 2.25. The molecule has 8 heteroatoms. The number of carbonyl (C=O) groups excluding carboxylic acids is 3. The molecular weight excluding hydrogens is 366 g/mol. The molecule has 1 heterocycles. The average molecular weight is 391 g/mol. The molecule has 1 atom stereocenters. The van der Waals surface area contributed by atoms with E-state index in [0.717, 1.165) is 5.39 Å². The van der Waals surface area contributed by atoms with Crippen LogP contribution in [-0.2, 0) is 30.4 Å². The van der Waals surface area contributed by atoms with E-state index < -0.39 is 30.5 Å². The van der Waals surface area contributed by atoms with E-state index >= 15 is 0 Å². The summed E-state index contributed by atoms with van der Waals surface area (Å²) in [7, 11) is 2.76. The lowest BCUT2D eigenvalue weighted by Gasteiger charge is -2.18. The van der Waals surface area contributed by atoms with Crippen molar-refractivity contribution in [3.8, 4) is 0 Å². The molecular formula is C20H25NO7. The zero-order valence-corrected chi connectivity index (χ0v) is 16.4. The second-order valence-electron chi connectivity index (χ2n) is 6.69. The first-order valence-electron chi connectivity index (χ1n) is 8.91. The van der Waals surface area contributed by atoms with E-state index in [1.807, 2.05) is 26.0 Å². The SMILES string of the molecule is COCc1c(C(=O)OCC(=O)NC(CC(C)C)C(=O)OC)oc2ccccc12. The lowest BCUT2D eigenvalue weighted by Crippen LogP contribution is -2.44. The maximum atomic E-state index is 12.4. The van der Waals surface area contributed by atoms with Crippen molar-refractivity contribution in [1.29, 1.82) is 0 Å². The second kappa shape index (κ2) is 9.89. The van der Waals surface area contributed by atoms with E-state index in [1.54, 1.807) is 12.1 Å². The molecule has 0 aliphatic rings. The molecule has 1 aromatic carbocycles. The molecule has 1 amide bonds. The highest BCUT2D eigenvalue weighted by atomic mass is 16.5.